The molecule has 4 N–H and O–H groups in total. The summed E-state index contributed by atoms with van der Waals surface area (Å²) < 4.78 is 102. The van der Waals surface area contributed by atoms with E-state index in [0.717, 1.165) is 12.1 Å². The maximum atomic E-state index is 14.2. The minimum Gasteiger partial charge on any atom is -0.493 e. The molecule has 0 aliphatic heterocycles. The number of carbonyl (C=O) groups excluding carboxylic acids is 1. The molecule has 1 unspecified atom stereocenters. The molecule has 1 heterocycles. The van der Waals surface area contributed by atoms with Crippen LogP contribution in [0.2, 0.25) is 0 Å². The van der Waals surface area contributed by atoms with Crippen LogP contribution in [0.4, 0.5) is 36.4 Å². The van der Waals surface area contributed by atoms with E-state index in [1.807, 2.05) is 4.98 Å². The summed E-state index contributed by atoms with van der Waals surface area (Å²) in [5.74, 6) is -8.85. The molecule has 0 fully saturated rings. The summed E-state index contributed by atoms with van der Waals surface area (Å²) in [6.07, 6.45) is -12.2. The van der Waals surface area contributed by atoms with Crippen LogP contribution in [0.3, 0.4) is 0 Å². The maximum absolute atomic E-state index is 14.2. The minimum absolute atomic E-state index is 0.0619. The molecular formula is C22H17F7IN3O5. The lowest BCUT2D eigenvalue weighted by Gasteiger charge is -2.30. The number of imidazole rings is 1. The minimum atomic E-state index is -6.11. The van der Waals surface area contributed by atoms with Gasteiger partial charge in [-0.3, -0.25) is 4.79 Å². The quantitative estimate of drug-likeness (QED) is 0.208. The van der Waals surface area contributed by atoms with Gasteiger partial charge in [0.15, 0.2) is 5.92 Å². The normalized spacial score (nSPS) is 13.0. The second-order valence-corrected chi connectivity index (χ2v) is 8.96. The SMILES string of the molecule is O=C(Nc1ccc(I)cc1F)C(C(C(F)(F)F)C(F)(F)F)n1c(O)c(-c2ccc(OCCO)cc2)[nH]c1=O. The summed E-state index contributed by atoms with van der Waals surface area (Å²) in [6.45, 7) is -0.389. The van der Waals surface area contributed by atoms with Gasteiger partial charge in [-0.2, -0.15) is 26.3 Å². The molecule has 0 spiro atoms. The van der Waals surface area contributed by atoms with Crippen molar-refractivity contribution >= 4 is 34.2 Å². The Labute approximate surface area is 222 Å². The molecule has 0 aliphatic rings. The molecule has 3 aromatic rings. The Morgan fingerprint density at radius 2 is 1.68 bits per heavy atom. The van der Waals surface area contributed by atoms with E-state index in [0.29, 0.717) is 3.57 Å². The fraction of sp³-hybridized carbons (Fsp3) is 0.273. The third kappa shape index (κ3) is 6.40. The molecule has 0 saturated heterocycles. The Kier molecular flexibility index (Phi) is 8.65. The van der Waals surface area contributed by atoms with Gasteiger partial charge < -0.3 is 25.3 Å². The number of hydrogen-bond acceptors (Lipinski definition) is 5. The van der Waals surface area contributed by atoms with Gasteiger partial charge in [0.2, 0.25) is 11.8 Å². The number of nitrogens with one attached hydrogen (secondary N) is 2. The lowest BCUT2D eigenvalue weighted by Crippen LogP contribution is -2.49. The molecule has 1 atom stereocenters. The Bertz CT molecular complexity index is 1340. The topological polar surface area (TPSA) is 117 Å². The number of halogens is 8. The number of aromatic amines is 1. The zero-order chi connectivity index (χ0) is 28.4. The second kappa shape index (κ2) is 11.2. The van der Waals surface area contributed by atoms with Crippen LogP contribution < -0.4 is 15.7 Å². The summed E-state index contributed by atoms with van der Waals surface area (Å²) in [6, 6.07) is 4.59. The Balaban J connectivity index is 2.15. The molecule has 8 nitrogen and oxygen atoms in total. The number of ether oxygens (including phenoxy) is 1. The van der Waals surface area contributed by atoms with Gasteiger partial charge in [0.25, 0.3) is 0 Å². The van der Waals surface area contributed by atoms with Gasteiger partial charge in [0.1, 0.15) is 29.9 Å². The highest BCUT2D eigenvalue weighted by Gasteiger charge is 2.63. The van der Waals surface area contributed by atoms with E-state index < -0.39 is 59.0 Å². The summed E-state index contributed by atoms with van der Waals surface area (Å²) in [5, 5.41) is 21.1. The van der Waals surface area contributed by atoms with Crippen LogP contribution in [0.25, 0.3) is 11.3 Å². The predicted octanol–water partition coefficient (Wildman–Crippen LogP) is 4.58. The summed E-state index contributed by atoms with van der Waals surface area (Å²) >= 11 is 1.68. The first-order chi connectivity index (χ1) is 17.6. The van der Waals surface area contributed by atoms with Crippen molar-refractivity contribution in [1.82, 2.24) is 9.55 Å². The van der Waals surface area contributed by atoms with Gasteiger partial charge >= 0.3 is 18.0 Å². The molecule has 38 heavy (non-hydrogen) atoms. The molecule has 0 aliphatic carbocycles. The van der Waals surface area contributed by atoms with E-state index in [2.05, 4.69) is 0 Å². The molecule has 206 valence electrons. The average Bonchev–Trinajstić information content (AvgIpc) is 3.10. The standard InChI is InChI=1S/C22H17F7IN3O5/c23-13-9-11(30)3-6-14(13)31-18(35)16(17(21(24,25)26)22(27,28)29)33-19(36)15(32-20(33)37)10-1-4-12(5-2-10)38-8-7-34/h1-6,9,16-17,34,36H,7-8H2,(H,31,35)(H,32,37). The number of alkyl halides is 6. The van der Waals surface area contributed by atoms with E-state index >= 15 is 0 Å². The highest BCUT2D eigenvalue weighted by Crippen LogP contribution is 2.47. The van der Waals surface area contributed by atoms with Crippen LogP contribution in [0, 0.1) is 15.3 Å². The number of nitrogens with zero attached hydrogens (tertiary/aromatic N) is 1. The number of aromatic hydroxyl groups is 1. The predicted molar refractivity (Wildman–Crippen MR) is 127 cm³/mol. The Morgan fingerprint density at radius 3 is 2.21 bits per heavy atom. The summed E-state index contributed by atoms with van der Waals surface area (Å²) in [5.41, 5.74) is -3.07. The molecule has 2 aromatic carbocycles. The lowest BCUT2D eigenvalue weighted by atomic mass is 9.96. The first kappa shape index (κ1) is 29.3. The van der Waals surface area contributed by atoms with Crippen molar-refractivity contribution in [3.05, 3.63) is 62.3 Å². The van der Waals surface area contributed by atoms with Crippen LogP contribution in [-0.4, -0.2) is 51.2 Å². The maximum Gasteiger partial charge on any atom is 0.403 e. The lowest BCUT2D eigenvalue weighted by molar-refractivity contribution is -0.293. The number of amides is 1. The monoisotopic (exact) mass is 663 g/mol. The zero-order valence-electron chi connectivity index (χ0n) is 18.7. The van der Waals surface area contributed by atoms with Crippen LogP contribution >= 0.6 is 22.6 Å². The number of aliphatic hydroxyl groups is 1. The average molecular weight is 663 g/mol. The van der Waals surface area contributed by atoms with Crippen molar-refractivity contribution < 1.29 is 50.5 Å². The molecule has 3 rings (SSSR count). The highest BCUT2D eigenvalue weighted by molar-refractivity contribution is 14.1. The number of aliphatic hydroxyl groups excluding tert-OH is 1. The number of benzene rings is 2. The van der Waals surface area contributed by atoms with Crippen LogP contribution in [-0.2, 0) is 4.79 Å². The number of rotatable bonds is 8. The number of anilines is 1. The molecule has 0 bridgehead atoms. The largest absolute Gasteiger partial charge is 0.493 e. The molecular weight excluding hydrogens is 646 g/mol. The second-order valence-electron chi connectivity index (χ2n) is 7.71. The van der Waals surface area contributed by atoms with Gasteiger partial charge in [-0.15, -0.1) is 0 Å². The fourth-order valence-corrected chi connectivity index (χ4v) is 3.99. The van der Waals surface area contributed by atoms with E-state index in [1.54, 1.807) is 27.9 Å². The van der Waals surface area contributed by atoms with E-state index in [1.165, 1.54) is 30.3 Å². The number of H-pyrrole nitrogens is 1. The molecule has 0 saturated carbocycles. The molecule has 1 aromatic heterocycles. The fourth-order valence-electron chi connectivity index (χ4n) is 3.54. The van der Waals surface area contributed by atoms with Gasteiger partial charge in [0.05, 0.1) is 12.3 Å². The Morgan fingerprint density at radius 1 is 1.08 bits per heavy atom. The third-order valence-electron chi connectivity index (χ3n) is 5.16. The first-order valence-electron chi connectivity index (χ1n) is 10.4. The molecule has 1 amide bonds. The number of carbonyl (C=O) groups is 1. The van der Waals surface area contributed by atoms with Crippen molar-refractivity contribution in [2.75, 3.05) is 18.5 Å². The van der Waals surface area contributed by atoms with E-state index in [-0.39, 0.29) is 29.1 Å². The summed E-state index contributed by atoms with van der Waals surface area (Å²) in [4.78, 5) is 27.4. The molecule has 0 radical (unpaired) electrons. The van der Waals surface area contributed by atoms with Crippen LogP contribution in [0.1, 0.15) is 6.04 Å². The van der Waals surface area contributed by atoms with Crippen molar-refractivity contribution in [1.29, 1.82) is 0 Å². The number of hydrogen-bond donors (Lipinski definition) is 4. The number of aromatic nitrogens is 2. The van der Waals surface area contributed by atoms with Crippen molar-refractivity contribution in [3.63, 3.8) is 0 Å². The first-order valence-corrected chi connectivity index (χ1v) is 11.5. The van der Waals surface area contributed by atoms with Gasteiger partial charge in [-0.25, -0.2) is 13.8 Å². The summed E-state index contributed by atoms with van der Waals surface area (Å²) in [7, 11) is 0. The third-order valence-corrected chi connectivity index (χ3v) is 5.83. The van der Waals surface area contributed by atoms with Crippen molar-refractivity contribution in [2.24, 2.45) is 5.92 Å². The van der Waals surface area contributed by atoms with Gasteiger partial charge in [-0.05, 0) is 65.1 Å². The highest BCUT2D eigenvalue weighted by atomic mass is 127. The van der Waals surface area contributed by atoms with Crippen LogP contribution in [0.15, 0.2) is 47.3 Å². The smallest absolute Gasteiger partial charge is 0.403 e. The van der Waals surface area contributed by atoms with Crippen molar-refractivity contribution in [2.45, 2.75) is 18.4 Å². The zero-order valence-corrected chi connectivity index (χ0v) is 20.9. The van der Waals surface area contributed by atoms with E-state index in [9.17, 15) is 45.4 Å². The van der Waals surface area contributed by atoms with Gasteiger partial charge in [0, 0.05) is 9.13 Å². The van der Waals surface area contributed by atoms with E-state index in [4.69, 9.17) is 9.84 Å². The van der Waals surface area contributed by atoms with Crippen LogP contribution in [0.5, 0.6) is 11.6 Å². The van der Waals surface area contributed by atoms with Crippen molar-refractivity contribution in [3.8, 4) is 22.9 Å². The van der Waals surface area contributed by atoms with Gasteiger partial charge in [-0.1, -0.05) is 0 Å². The Hall–Kier alpha value is -3.28. The molecule has 16 heteroatoms.